The van der Waals surface area contributed by atoms with Crippen LogP contribution in [0.5, 0.6) is 0 Å². The highest BCUT2D eigenvalue weighted by atomic mass is 16.5. The predicted molar refractivity (Wildman–Crippen MR) is 104 cm³/mol. The van der Waals surface area contributed by atoms with Gasteiger partial charge in [0.25, 0.3) is 0 Å². The molecule has 3 amide bonds. The van der Waals surface area contributed by atoms with Gasteiger partial charge < -0.3 is 24.2 Å². The highest BCUT2D eigenvalue weighted by Gasteiger charge is 2.52. The Morgan fingerprint density at radius 1 is 1.25 bits per heavy atom. The fraction of sp³-hybridized carbons (Fsp3) is 0.750. The summed E-state index contributed by atoms with van der Waals surface area (Å²) in [5, 5.41) is 0. The van der Waals surface area contributed by atoms with E-state index in [2.05, 4.69) is 6.58 Å². The van der Waals surface area contributed by atoms with Gasteiger partial charge in [-0.05, 0) is 38.7 Å². The summed E-state index contributed by atoms with van der Waals surface area (Å²) in [6.45, 7) is 12.2. The molecule has 0 unspecified atom stereocenters. The molecule has 0 saturated carbocycles. The van der Waals surface area contributed by atoms with Gasteiger partial charge in [-0.1, -0.05) is 20.4 Å². The van der Waals surface area contributed by atoms with Gasteiger partial charge in [0.1, 0.15) is 12.3 Å². The SMILES string of the molecule is C=CC(=O)N1[C@@H](C)OC2(CCN(C(=O)N(C)[C@H](C(=O)OC)C(C)C)CC2)[C@H]1C. The third kappa shape index (κ3) is 3.87. The minimum Gasteiger partial charge on any atom is -0.467 e. The van der Waals surface area contributed by atoms with Gasteiger partial charge in [0.05, 0.1) is 18.8 Å². The van der Waals surface area contributed by atoms with E-state index in [1.807, 2.05) is 27.7 Å². The van der Waals surface area contributed by atoms with E-state index < -0.39 is 17.6 Å². The first-order valence-corrected chi connectivity index (χ1v) is 9.81. The Morgan fingerprint density at radius 3 is 2.29 bits per heavy atom. The number of piperidine rings is 1. The van der Waals surface area contributed by atoms with Crippen molar-refractivity contribution in [2.45, 2.75) is 64.4 Å². The molecule has 0 aromatic heterocycles. The number of ether oxygens (including phenoxy) is 2. The summed E-state index contributed by atoms with van der Waals surface area (Å²) in [4.78, 5) is 42.1. The molecule has 0 bridgehead atoms. The summed E-state index contributed by atoms with van der Waals surface area (Å²) in [5.74, 6) is -0.623. The fourth-order valence-electron chi connectivity index (χ4n) is 4.49. The first-order chi connectivity index (χ1) is 13.1. The maximum absolute atomic E-state index is 13.0. The van der Waals surface area contributed by atoms with Crippen LogP contribution >= 0.6 is 0 Å². The highest BCUT2D eigenvalue weighted by molar-refractivity contribution is 5.87. The minimum absolute atomic E-state index is 0.0601. The van der Waals surface area contributed by atoms with E-state index in [0.29, 0.717) is 25.9 Å². The predicted octanol–water partition coefficient (Wildman–Crippen LogP) is 1.85. The summed E-state index contributed by atoms with van der Waals surface area (Å²) in [7, 11) is 2.96. The summed E-state index contributed by atoms with van der Waals surface area (Å²) < 4.78 is 11.1. The molecule has 2 saturated heterocycles. The second kappa shape index (κ2) is 8.51. The van der Waals surface area contributed by atoms with Crippen molar-refractivity contribution in [2.24, 2.45) is 5.92 Å². The van der Waals surface area contributed by atoms with Crippen LogP contribution in [0.1, 0.15) is 40.5 Å². The van der Waals surface area contributed by atoms with Gasteiger partial charge in [-0.15, -0.1) is 0 Å². The Balaban J connectivity index is 2.07. The lowest BCUT2D eigenvalue weighted by molar-refractivity contribution is -0.147. The van der Waals surface area contributed by atoms with E-state index in [-0.39, 0.29) is 30.1 Å². The summed E-state index contributed by atoms with van der Waals surface area (Å²) in [6, 6.07) is -0.922. The van der Waals surface area contributed by atoms with Crippen LogP contribution in [-0.4, -0.2) is 83.8 Å². The summed E-state index contributed by atoms with van der Waals surface area (Å²) in [6.07, 6.45) is 2.24. The van der Waals surface area contributed by atoms with Crippen LogP contribution in [-0.2, 0) is 19.1 Å². The maximum Gasteiger partial charge on any atom is 0.328 e. The highest BCUT2D eigenvalue weighted by Crippen LogP contribution is 2.40. The van der Waals surface area contributed by atoms with Gasteiger partial charge in [0.2, 0.25) is 5.91 Å². The van der Waals surface area contributed by atoms with Gasteiger partial charge in [0, 0.05) is 20.1 Å². The van der Waals surface area contributed by atoms with Crippen molar-refractivity contribution < 1.29 is 23.9 Å². The number of hydrogen-bond acceptors (Lipinski definition) is 5. The number of hydrogen-bond donors (Lipinski definition) is 0. The number of carbonyl (C=O) groups is 3. The number of amides is 3. The average Bonchev–Trinajstić information content (AvgIpc) is 2.90. The van der Waals surface area contributed by atoms with E-state index >= 15 is 0 Å². The molecular formula is C20H33N3O5. The second-order valence-corrected chi connectivity index (χ2v) is 8.00. The van der Waals surface area contributed by atoms with E-state index in [4.69, 9.17) is 9.47 Å². The lowest BCUT2D eigenvalue weighted by Gasteiger charge is -2.43. The average molecular weight is 396 g/mol. The zero-order chi connectivity index (χ0) is 21.2. The van der Waals surface area contributed by atoms with Crippen molar-refractivity contribution in [1.29, 1.82) is 0 Å². The second-order valence-electron chi connectivity index (χ2n) is 8.00. The Kier molecular flexibility index (Phi) is 6.75. The molecule has 3 atom stereocenters. The van der Waals surface area contributed by atoms with Crippen molar-refractivity contribution in [3.8, 4) is 0 Å². The number of likely N-dealkylation sites (tertiary alicyclic amines) is 1. The molecule has 2 fully saturated rings. The monoisotopic (exact) mass is 395 g/mol. The van der Waals surface area contributed by atoms with Crippen LogP contribution in [0.25, 0.3) is 0 Å². The molecule has 2 heterocycles. The molecular weight excluding hydrogens is 362 g/mol. The van der Waals surface area contributed by atoms with Crippen LogP contribution in [0, 0.1) is 5.92 Å². The smallest absolute Gasteiger partial charge is 0.328 e. The third-order valence-electron chi connectivity index (χ3n) is 6.08. The standard InChI is InChI=1S/C20H33N3O5/c1-8-16(24)23-14(4)20(28-15(23)5)9-11-22(12-10-20)19(26)21(6)17(13(2)3)18(25)27-7/h8,13-15,17H,1,9-12H2,2-7H3/t14-,15-,17+/m1/s1. The minimum atomic E-state index is -0.629. The number of likely N-dealkylation sites (N-methyl/N-ethyl adjacent to an activating group) is 1. The molecule has 8 heteroatoms. The zero-order valence-corrected chi connectivity index (χ0v) is 17.8. The molecule has 0 radical (unpaired) electrons. The number of nitrogens with zero attached hydrogens (tertiary/aromatic N) is 3. The van der Waals surface area contributed by atoms with Crippen molar-refractivity contribution in [3.05, 3.63) is 12.7 Å². The molecule has 0 aromatic rings. The largest absolute Gasteiger partial charge is 0.467 e. The van der Waals surface area contributed by atoms with Crippen molar-refractivity contribution in [3.63, 3.8) is 0 Å². The Bertz CT molecular complexity index is 627. The van der Waals surface area contributed by atoms with E-state index in [1.165, 1.54) is 18.1 Å². The maximum atomic E-state index is 13.0. The van der Waals surface area contributed by atoms with E-state index in [9.17, 15) is 14.4 Å². The molecule has 158 valence electrons. The molecule has 0 N–H and O–H groups in total. The molecule has 2 aliphatic rings. The lowest BCUT2D eigenvalue weighted by atomic mass is 9.85. The molecule has 0 aromatic carbocycles. The number of urea groups is 1. The molecule has 2 aliphatic heterocycles. The zero-order valence-electron chi connectivity index (χ0n) is 17.8. The molecule has 0 aliphatic carbocycles. The van der Waals surface area contributed by atoms with Crippen LogP contribution < -0.4 is 0 Å². The fourth-order valence-corrected chi connectivity index (χ4v) is 4.49. The number of carbonyl (C=O) groups excluding carboxylic acids is 3. The number of methoxy groups -OCH3 is 1. The first-order valence-electron chi connectivity index (χ1n) is 9.81. The van der Waals surface area contributed by atoms with Crippen LogP contribution in [0.15, 0.2) is 12.7 Å². The summed E-state index contributed by atoms with van der Waals surface area (Å²) in [5.41, 5.74) is -0.465. The normalized spacial score (nSPS) is 25.0. The topological polar surface area (TPSA) is 79.4 Å². The van der Waals surface area contributed by atoms with Crippen LogP contribution in [0.2, 0.25) is 0 Å². The Labute approximate surface area is 167 Å². The van der Waals surface area contributed by atoms with Gasteiger partial charge in [0.15, 0.2) is 0 Å². The lowest BCUT2D eigenvalue weighted by Crippen LogP contribution is -2.57. The van der Waals surface area contributed by atoms with Gasteiger partial charge in [-0.3, -0.25) is 4.79 Å². The van der Waals surface area contributed by atoms with Crippen LogP contribution in [0.4, 0.5) is 4.79 Å². The summed E-state index contributed by atoms with van der Waals surface area (Å²) >= 11 is 0. The molecule has 1 spiro atoms. The number of rotatable bonds is 4. The van der Waals surface area contributed by atoms with Gasteiger partial charge >= 0.3 is 12.0 Å². The third-order valence-corrected chi connectivity index (χ3v) is 6.08. The quantitative estimate of drug-likeness (QED) is 0.536. The molecule has 8 nitrogen and oxygen atoms in total. The van der Waals surface area contributed by atoms with E-state index in [1.54, 1.807) is 16.8 Å². The number of esters is 1. The van der Waals surface area contributed by atoms with Crippen molar-refractivity contribution in [1.82, 2.24) is 14.7 Å². The Morgan fingerprint density at radius 2 is 1.82 bits per heavy atom. The van der Waals surface area contributed by atoms with Gasteiger partial charge in [-0.25, -0.2) is 9.59 Å². The molecule has 28 heavy (non-hydrogen) atoms. The van der Waals surface area contributed by atoms with Crippen molar-refractivity contribution in [2.75, 3.05) is 27.2 Å². The Hall–Kier alpha value is -2.09. The van der Waals surface area contributed by atoms with Gasteiger partial charge in [-0.2, -0.15) is 0 Å². The first kappa shape index (κ1) is 22.2. The molecule has 2 rings (SSSR count). The van der Waals surface area contributed by atoms with Crippen LogP contribution in [0.3, 0.4) is 0 Å². The van der Waals surface area contributed by atoms with Crippen molar-refractivity contribution >= 4 is 17.9 Å². The van der Waals surface area contributed by atoms with E-state index in [0.717, 1.165) is 0 Å².